The van der Waals surface area contributed by atoms with Crippen molar-refractivity contribution in [1.82, 2.24) is 20.9 Å². The Kier molecular flexibility index (Phi) is 10.1. The lowest BCUT2D eigenvalue weighted by molar-refractivity contribution is -0.171. The van der Waals surface area contributed by atoms with Gasteiger partial charge in [-0.3, -0.25) is 24.0 Å². The predicted molar refractivity (Wildman–Crippen MR) is 135 cm³/mol. The van der Waals surface area contributed by atoms with Crippen LogP contribution < -0.4 is 21.3 Å². The monoisotopic (exact) mass is 553 g/mol. The second-order valence-corrected chi connectivity index (χ2v) is 9.91. The van der Waals surface area contributed by atoms with Gasteiger partial charge in [0.2, 0.25) is 29.4 Å². The van der Waals surface area contributed by atoms with Crippen molar-refractivity contribution in [1.29, 1.82) is 0 Å². The van der Waals surface area contributed by atoms with Gasteiger partial charge < -0.3 is 26.2 Å². The maximum atomic E-state index is 13.5. The number of hydrogen-bond acceptors (Lipinski definition) is 6. The fourth-order valence-corrected chi connectivity index (χ4v) is 4.87. The molecule has 3 rings (SSSR count). The van der Waals surface area contributed by atoms with E-state index < -0.39 is 42.4 Å². The number of alkyl halides is 3. The molecule has 0 bridgehead atoms. The van der Waals surface area contributed by atoms with Crippen LogP contribution in [0.1, 0.15) is 57.4 Å². The fourth-order valence-electron chi connectivity index (χ4n) is 4.87. The molecule has 13 heteroatoms. The van der Waals surface area contributed by atoms with E-state index in [4.69, 9.17) is 0 Å². The van der Waals surface area contributed by atoms with Crippen LogP contribution in [0.5, 0.6) is 0 Å². The van der Waals surface area contributed by atoms with Crippen LogP contribution in [0, 0.1) is 0 Å². The number of carbonyl (C=O) groups excluding carboxylic acids is 5. The van der Waals surface area contributed by atoms with Crippen LogP contribution in [0.25, 0.3) is 0 Å². The number of likely N-dealkylation sites (N-methyl/N-ethyl adjacent to an activating group) is 1. The van der Waals surface area contributed by atoms with Crippen LogP contribution in [-0.2, 0) is 30.5 Å². The molecule has 0 spiro atoms. The summed E-state index contributed by atoms with van der Waals surface area (Å²) in [4.78, 5) is 63.5. The maximum absolute atomic E-state index is 13.5. The van der Waals surface area contributed by atoms with Gasteiger partial charge in [-0.25, -0.2) is 0 Å². The van der Waals surface area contributed by atoms with Gasteiger partial charge in [0.15, 0.2) is 0 Å². The Hall–Kier alpha value is -3.48. The summed E-state index contributed by atoms with van der Waals surface area (Å²) in [5.74, 6) is -4.16. The van der Waals surface area contributed by atoms with Crippen molar-refractivity contribution in [3.05, 3.63) is 29.8 Å². The van der Waals surface area contributed by atoms with Gasteiger partial charge in [0.05, 0.1) is 12.5 Å². The zero-order valence-corrected chi connectivity index (χ0v) is 21.9. The molecule has 214 valence electrons. The first-order chi connectivity index (χ1) is 18.4. The molecule has 2 aliphatic heterocycles. The molecule has 0 aliphatic carbocycles. The van der Waals surface area contributed by atoms with Crippen LogP contribution >= 0.6 is 0 Å². The van der Waals surface area contributed by atoms with Crippen molar-refractivity contribution in [2.45, 2.75) is 88.8 Å². The standard InChI is InChI=1S/C26H34F3N5O5/c1-15(30-2)23(37)33-19-9-4-3-8-18-10-11-20(34(18)25(19)39)24(38)31-14-16-6-5-7-17(12-16)32-22(36)13-21(35)26(27,28)29/h5-7,12,15,18-20,30H,3-4,8-11,13-14H2,1-2H3,(H,31,38)(H,32,36)(H,33,37). The molecule has 0 saturated carbocycles. The summed E-state index contributed by atoms with van der Waals surface area (Å²) < 4.78 is 37.2. The number of benzene rings is 1. The summed E-state index contributed by atoms with van der Waals surface area (Å²) in [6.07, 6.45) is -2.31. The van der Waals surface area contributed by atoms with Gasteiger partial charge in [0, 0.05) is 18.3 Å². The third kappa shape index (κ3) is 8.01. The molecule has 2 aliphatic rings. The van der Waals surface area contributed by atoms with Crippen molar-refractivity contribution >= 4 is 35.1 Å². The third-order valence-corrected chi connectivity index (χ3v) is 7.10. The summed E-state index contributed by atoms with van der Waals surface area (Å²) >= 11 is 0. The summed E-state index contributed by atoms with van der Waals surface area (Å²) in [6.45, 7) is 1.74. The van der Waals surface area contributed by atoms with Gasteiger partial charge in [0.1, 0.15) is 12.1 Å². The van der Waals surface area contributed by atoms with Gasteiger partial charge in [-0.2, -0.15) is 13.2 Å². The normalized spacial score (nSPS) is 22.2. The van der Waals surface area contributed by atoms with Crippen molar-refractivity contribution < 1.29 is 37.1 Å². The van der Waals surface area contributed by atoms with E-state index in [1.165, 1.54) is 12.1 Å². The molecule has 39 heavy (non-hydrogen) atoms. The van der Waals surface area contributed by atoms with E-state index in [-0.39, 0.29) is 36.0 Å². The SMILES string of the molecule is CNC(C)C(=O)NC1CCCCC2CCC(C(=O)NCc3cccc(NC(=O)CC(=O)C(F)(F)F)c3)N2C1=O. The molecule has 2 saturated heterocycles. The van der Waals surface area contributed by atoms with Gasteiger partial charge in [-0.1, -0.05) is 25.0 Å². The van der Waals surface area contributed by atoms with Gasteiger partial charge in [-0.05, 0) is 57.4 Å². The molecule has 4 unspecified atom stereocenters. The van der Waals surface area contributed by atoms with Gasteiger partial charge in [-0.15, -0.1) is 0 Å². The number of fused-ring (bicyclic) bond motifs is 1. The van der Waals surface area contributed by atoms with E-state index in [0.717, 1.165) is 19.3 Å². The number of Topliss-reactive ketones (excluding diaryl/α,β-unsaturated/α-hetero) is 1. The highest BCUT2D eigenvalue weighted by molar-refractivity contribution is 6.06. The number of ketones is 1. The molecular weight excluding hydrogens is 519 g/mol. The minimum absolute atomic E-state index is 0.0487. The largest absolute Gasteiger partial charge is 0.450 e. The molecule has 0 aromatic heterocycles. The van der Waals surface area contributed by atoms with Crippen LogP contribution in [0.15, 0.2) is 24.3 Å². The van der Waals surface area contributed by atoms with E-state index in [0.29, 0.717) is 24.8 Å². The highest BCUT2D eigenvalue weighted by atomic mass is 19.4. The Balaban J connectivity index is 1.62. The molecule has 4 atom stereocenters. The predicted octanol–water partition coefficient (Wildman–Crippen LogP) is 1.79. The molecule has 4 N–H and O–H groups in total. The number of carbonyl (C=O) groups is 5. The van der Waals surface area contributed by atoms with E-state index in [1.54, 1.807) is 31.0 Å². The molecule has 2 fully saturated rings. The lowest BCUT2D eigenvalue weighted by atomic mass is 9.98. The van der Waals surface area contributed by atoms with E-state index in [1.807, 2.05) is 0 Å². The first-order valence-electron chi connectivity index (χ1n) is 13.0. The Bertz CT molecular complexity index is 1100. The first-order valence-corrected chi connectivity index (χ1v) is 13.0. The number of halogens is 3. The van der Waals surface area contributed by atoms with Crippen molar-refractivity contribution in [2.24, 2.45) is 0 Å². The second kappa shape index (κ2) is 13.0. The third-order valence-electron chi connectivity index (χ3n) is 7.10. The zero-order valence-electron chi connectivity index (χ0n) is 21.9. The highest BCUT2D eigenvalue weighted by Gasteiger charge is 2.44. The second-order valence-electron chi connectivity index (χ2n) is 9.91. The molecular formula is C26H34F3N5O5. The Morgan fingerprint density at radius 1 is 1.08 bits per heavy atom. The highest BCUT2D eigenvalue weighted by Crippen LogP contribution is 2.31. The summed E-state index contributed by atoms with van der Waals surface area (Å²) in [6, 6.07) is 4.16. The fraction of sp³-hybridized carbons (Fsp3) is 0.577. The average molecular weight is 554 g/mol. The number of anilines is 1. The number of amides is 4. The topological polar surface area (TPSA) is 137 Å². The van der Waals surface area contributed by atoms with Crippen LogP contribution in [0.3, 0.4) is 0 Å². The first kappa shape index (κ1) is 30.1. The minimum Gasteiger partial charge on any atom is -0.350 e. The zero-order chi connectivity index (χ0) is 28.7. The van der Waals surface area contributed by atoms with Crippen LogP contribution in [-0.4, -0.2) is 71.7 Å². The van der Waals surface area contributed by atoms with Crippen molar-refractivity contribution in [3.63, 3.8) is 0 Å². The Morgan fingerprint density at radius 2 is 1.79 bits per heavy atom. The van der Waals surface area contributed by atoms with Crippen molar-refractivity contribution in [3.8, 4) is 0 Å². The number of hydrogen-bond donors (Lipinski definition) is 4. The van der Waals surface area contributed by atoms with Crippen LogP contribution in [0.2, 0.25) is 0 Å². The summed E-state index contributed by atoms with van der Waals surface area (Å²) in [5.41, 5.74) is 0.735. The number of nitrogens with zero attached hydrogens (tertiary/aromatic N) is 1. The van der Waals surface area contributed by atoms with Crippen LogP contribution in [0.4, 0.5) is 18.9 Å². The van der Waals surface area contributed by atoms with Crippen molar-refractivity contribution in [2.75, 3.05) is 12.4 Å². The Labute approximate surface area is 224 Å². The van der Waals surface area contributed by atoms with Gasteiger partial charge >= 0.3 is 6.18 Å². The molecule has 0 radical (unpaired) electrons. The minimum atomic E-state index is -5.09. The van der Waals surface area contributed by atoms with E-state index in [2.05, 4.69) is 21.3 Å². The molecule has 1 aromatic rings. The molecule has 2 heterocycles. The van der Waals surface area contributed by atoms with Gasteiger partial charge in [0.25, 0.3) is 0 Å². The number of rotatable bonds is 9. The lowest BCUT2D eigenvalue weighted by Gasteiger charge is -2.35. The van der Waals surface area contributed by atoms with E-state index >= 15 is 0 Å². The quantitative estimate of drug-likeness (QED) is 0.344. The summed E-state index contributed by atoms with van der Waals surface area (Å²) in [5, 5.41) is 10.7. The smallest absolute Gasteiger partial charge is 0.350 e. The molecule has 4 amide bonds. The number of nitrogens with one attached hydrogen (secondary N) is 4. The molecule has 10 nitrogen and oxygen atoms in total. The summed E-state index contributed by atoms with van der Waals surface area (Å²) in [7, 11) is 1.65. The van der Waals surface area contributed by atoms with E-state index in [9.17, 15) is 37.1 Å². The Morgan fingerprint density at radius 3 is 2.49 bits per heavy atom. The maximum Gasteiger partial charge on any atom is 0.450 e. The lowest BCUT2D eigenvalue weighted by Crippen LogP contribution is -2.57. The average Bonchev–Trinajstić information content (AvgIpc) is 3.30. The molecule has 1 aromatic carbocycles.